The number of aryl methyl sites for hydroxylation is 2. The number of rotatable bonds is 5. The lowest BCUT2D eigenvalue weighted by atomic mass is 9.98. The van der Waals surface area contributed by atoms with Crippen LogP contribution in [0.2, 0.25) is 0 Å². The Kier molecular flexibility index (Phi) is 7.69. The molecule has 0 radical (unpaired) electrons. The van der Waals surface area contributed by atoms with Crippen molar-refractivity contribution in [2.75, 3.05) is 0 Å². The monoisotopic (exact) mass is 763 g/mol. The minimum absolute atomic E-state index is 0.0380. The van der Waals surface area contributed by atoms with Crippen LogP contribution in [0.1, 0.15) is 46.3 Å². The average molecular weight is 764 g/mol. The molecule has 1 saturated heterocycles. The van der Waals surface area contributed by atoms with Crippen molar-refractivity contribution in [2.45, 2.75) is 32.3 Å². The molecule has 4 heterocycles. The van der Waals surface area contributed by atoms with Crippen LogP contribution < -0.4 is 16.0 Å². The number of benzene rings is 8. The molecule has 1 aliphatic heterocycles. The van der Waals surface area contributed by atoms with Crippen LogP contribution in [-0.4, -0.2) is 9.13 Å². The van der Waals surface area contributed by atoms with E-state index in [1.54, 1.807) is 0 Å². The van der Waals surface area contributed by atoms with Crippen LogP contribution in [0.25, 0.3) is 76.9 Å². The minimum Gasteiger partial charge on any atom is -0.455 e. The fourth-order valence-corrected chi connectivity index (χ4v) is 9.80. The smallest absolute Gasteiger partial charge is 0.145 e. The average Bonchev–Trinajstić information content (AvgIpc) is 3.95. The van der Waals surface area contributed by atoms with E-state index in [1.807, 2.05) is 6.07 Å². The maximum absolute atomic E-state index is 6.72. The number of fused-ring (bicyclic) bond motifs is 11. The maximum Gasteiger partial charge on any atom is 0.145 e. The Morgan fingerprint density at radius 3 is 1.73 bits per heavy atom. The standard InChI is InChI=1S/C53H41N5O/c1-32-31-45(33(2)30-41(32)53-55-51(34-16-6-3-7-17-34)54-52(56-53)35-18-8-4-9-19-35)58-42-24-14-12-23-39(42)47-43(58)29-27-40-48-44(57(49(40)47)36-20-10-5-11-21-36)28-26-38-37-22-13-15-25-46(37)59-50(38)48/h3-31,51-56H,1-2H3. The van der Waals surface area contributed by atoms with E-state index in [1.165, 1.54) is 66.2 Å². The molecule has 3 N–H and O–H groups in total. The Morgan fingerprint density at radius 2 is 1.02 bits per heavy atom. The zero-order valence-corrected chi connectivity index (χ0v) is 32.8. The molecule has 3 aromatic heterocycles. The minimum atomic E-state index is -0.0890. The van der Waals surface area contributed by atoms with Gasteiger partial charge in [-0.3, -0.25) is 16.0 Å². The molecule has 0 saturated carbocycles. The maximum atomic E-state index is 6.72. The van der Waals surface area contributed by atoms with Crippen molar-refractivity contribution in [3.63, 3.8) is 0 Å². The van der Waals surface area contributed by atoms with Crippen LogP contribution in [0.4, 0.5) is 0 Å². The lowest BCUT2D eigenvalue weighted by molar-refractivity contribution is 0.203. The Balaban J connectivity index is 1.07. The van der Waals surface area contributed by atoms with Crippen LogP contribution in [0, 0.1) is 13.8 Å². The largest absolute Gasteiger partial charge is 0.455 e. The van der Waals surface area contributed by atoms with Gasteiger partial charge in [-0.2, -0.15) is 0 Å². The SMILES string of the molecule is Cc1cc(-n2c3ccccc3c3c2ccc2c4c5oc6ccccc6c5ccc4n(-c4ccccc4)c23)c(C)cc1C1NC(c2ccccc2)NC(c2ccccc2)N1. The third kappa shape index (κ3) is 5.24. The number of hydrogen-bond donors (Lipinski definition) is 3. The van der Waals surface area contributed by atoms with Crippen LogP contribution in [0.15, 0.2) is 180 Å². The summed E-state index contributed by atoms with van der Waals surface area (Å²) < 4.78 is 11.6. The quantitative estimate of drug-likeness (QED) is 0.163. The summed E-state index contributed by atoms with van der Waals surface area (Å²) in [6, 6.07) is 63.2. The molecule has 2 atom stereocenters. The van der Waals surface area contributed by atoms with Gasteiger partial charge < -0.3 is 13.6 Å². The van der Waals surface area contributed by atoms with Gasteiger partial charge >= 0.3 is 0 Å². The van der Waals surface area contributed by atoms with Gasteiger partial charge in [0, 0.05) is 38.3 Å². The molecule has 284 valence electrons. The third-order valence-corrected chi connectivity index (χ3v) is 12.5. The molecule has 0 spiro atoms. The highest BCUT2D eigenvalue weighted by Gasteiger charge is 2.31. The molecule has 0 aliphatic carbocycles. The summed E-state index contributed by atoms with van der Waals surface area (Å²) in [7, 11) is 0. The van der Waals surface area contributed by atoms with E-state index in [9.17, 15) is 0 Å². The summed E-state index contributed by atoms with van der Waals surface area (Å²) in [6.45, 7) is 4.50. The van der Waals surface area contributed by atoms with E-state index in [2.05, 4.69) is 209 Å². The van der Waals surface area contributed by atoms with E-state index < -0.39 is 0 Å². The van der Waals surface area contributed by atoms with E-state index in [-0.39, 0.29) is 18.5 Å². The number of furan rings is 1. The second-order valence-corrected chi connectivity index (χ2v) is 15.9. The molecule has 11 aromatic rings. The van der Waals surface area contributed by atoms with Crippen molar-refractivity contribution < 1.29 is 4.42 Å². The van der Waals surface area contributed by atoms with Crippen molar-refractivity contribution in [2.24, 2.45) is 0 Å². The van der Waals surface area contributed by atoms with Gasteiger partial charge in [0.1, 0.15) is 11.2 Å². The summed E-state index contributed by atoms with van der Waals surface area (Å²) in [5, 5.41) is 18.6. The third-order valence-electron chi connectivity index (χ3n) is 12.5. The van der Waals surface area contributed by atoms with Gasteiger partial charge in [-0.25, -0.2) is 0 Å². The first-order chi connectivity index (χ1) is 29.1. The molecular weight excluding hydrogens is 723 g/mol. The van der Waals surface area contributed by atoms with Gasteiger partial charge in [0.15, 0.2) is 0 Å². The number of aromatic nitrogens is 2. The zero-order valence-electron chi connectivity index (χ0n) is 32.8. The fourth-order valence-electron chi connectivity index (χ4n) is 9.80. The summed E-state index contributed by atoms with van der Waals surface area (Å²) in [5.74, 6) is 0. The molecule has 8 aromatic carbocycles. The van der Waals surface area contributed by atoms with Crippen molar-refractivity contribution in [3.8, 4) is 11.4 Å². The molecule has 6 nitrogen and oxygen atoms in total. The lowest BCUT2D eigenvalue weighted by Crippen LogP contribution is -2.54. The summed E-state index contributed by atoms with van der Waals surface area (Å²) in [5.41, 5.74) is 14.8. The lowest BCUT2D eigenvalue weighted by Gasteiger charge is -2.40. The zero-order chi connectivity index (χ0) is 39.2. The number of hydrogen-bond acceptors (Lipinski definition) is 4. The van der Waals surface area contributed by atoms with Gasteiger partial charge in [-0.1, -0.05) is 121 Å². The second kappa shape index (κ2) is 13.3. The Labute approximate surface area is 341 Å². The topological polar surface area (TPSA) is 59.1 Å². The summed E-state index contributed by atoms with van der Waals surface area (Å²) in [6.07, 6.45) is -0.165. The normalized spacial score (nSPS) is 17.3. The van der Waals surface area contributed by atoms with Crippen LogP contribution in [-0.2, 0) is 0 Å². The van der Waals surface area contributed by atoms with Crippen molar-refractivity contribution >= 4 is 65.6 Å². The van der Waals surface area contributed by atoms with E-state index in [4.69, 9.17) is 4.42 Å². The van der Waals surface area contributed by atoms with E-state index in [0.29, 0.717) is 0 Å². The Hall–Kier alpha value is -6.96. The van der Waals surface area contributed by atoms with Crippen LogP contribution in [0.5, 0.6) is 0 Å². The first kappa shape index (κ1) is 34.1. The van der Waals surface area contributed by atoms with Gasteiger partial charge in [-0.15, -0.1) is 0 Å². The van der Waals surface area contributed by atoms with Gasteiger partial charge in [0.25, 0.3) is 0 Å². The molecule has 6 heteroatoms. The summed E-state index contributed by atoms with van der Waals surface area (Å²) >= 11 is 0. The van der Waals surface area contributed by atoms with Crippen molar-refractivity contribution in [3.05, 3.63) is 204 Å². The van der Waals surface area contributed by atoms with Gasteiger partial charge in [0.05, 0.1) is 46.0 Å². The van der Waals surface area contributed by atoms with E-state index >= 15 is 0 Å². The highest BCUT2D eigenvalue weighted by molar-refractivity contribution is 6.31. The van der Waals surface area contributed by atoms with Crippen LogP contribution >= 0.6 is 0 Å². The van der Waals surface area contributed by atoms with Crippen molar-refractivity contribution in [1.29, 1.82) is 0 Å². The predicted molar refractivity (Wildman–Crippen MR) is 242 cm³/mol. The molecule has 1 fully saturated rings. The second-order valence-electron chi connectivity index (χ2n) is 15.9. The Bertz CT molecular complexity index is 3350. The molecule has 12 rings (SSSR count). The molecule has 0 bridgehead atoms. The number of para-hydroxylation sites is 3. The highest BCUT2D eigenvalue weighted by atomic mass is 16.3. The molecule has 2 unspecified atom stereocenters. The highest BCUT2D eigenvalue weighted by Crippen LogP contribution is 2.46. The number of nitrogens with one attached hydrogen (secondary N) is 3. The van der Waals surface area contributed by atoms with Gasteiger partial charge in [0.2, 0.25) is 0 Å². The first-order valence-corrected chi connectivity index (χ1v) is 20.5. The fraction of sp³-hybridized carbons (Fsp3) is 0.0943. The van der Waals surface area contributed by atoms with E-state index in [0.717, 1.165) is 38.5 Å². The molecule has 1 aliphatic rings. The Morgan fingerprint density at radius 1 is 0.441 bits per heavy atom. The number of nitrogens with zero attached hydrogens (tertiary/aromatic N) is 2. The van der Waals surface area contributed by atoms with Crippen LogP contribution in [0.3, 0.4) is 0 Å². The predicted octanol–water partition coefficient (Wildman–Crippen LogP) is 12.6. The molecule has 59 heavy (non-hydrogen) atoms. The van der Waals surface area contributed by atoms with Gasteiger partial charge in [-0.05, 0) is 96.3 Å². The molecular formula is C53H41N5O. The van der Waals surface area contributed by atoms with Crippen molar-refractivity contribution in [1.82, 2.24) is 25.1 Å². The first-order valence-electron chi connectivity index (χ1n) is 20.5. The molecule has 0 amide bonds. The summed E-state index contributed by atoms with van der Waals surface area (Å²) in [4.78, 5) is 0.